The first-order valence-corrected chi connectivity index (χ1v) is 4.51. The number of rotatable bonds is 2. The van der Waals surface area contributed by atoms with Crippen molar-refractivity contribution < 1.29 is 4.92 Å². The van der Waals surface area contributed by atoms with Crippen LogP contribution >= 0.6 is 15.9 Å². The van der Waals surface area contributed by atoms with Crippen molar-refractivity contribution in [1.82, 2.24) is 0 Å². The van der Waals surface area contributed by atoms with Crippen LogP contribution < -0.4 is 5.73 Å². The summed E-state index contributed by atoms with van der Waals surface area (Å²) in [4.78, 5) is 10.2. The first-order chi connectivity index (χ1) is 6.04. The maximum Gasteiger partial charge on any atom is 0.275 e. The predicted octanol–water partition coefficient (Wildman–Crippen LogP) is 2.38. The molecular weight excluding hydrogens is 236 g/mol. The zero-order chi connectivity index (χ0) is 10.0. The second-order valence-corrected chi connectivity index (χ2v) is 3.57. The molecule has 13 heavy (non-hydrogen) atoms. The number of halogens is 1. The zero-order valence-corrected chi connectivity index (χ0v) is 8.61. The van der Waals surface area contributed by atoms with E-state index in [0.717, 1.165) is 0 Å². The second-order valence-electron chi connectivity index (χ2n) is 2.72. The lowest BCUT2D eigenvalue weighted by Gasteiger charge is -2.08. The van der Waals surface area contributed by atoms with Crippen molar-refractivity contribution >= 4 is 21.6 Å². The van der Waals surface area contributed by atoms with E-state index in [1.165, 1.54) is 6.07 Å². The van der Waals surface area contributed by atoms with Crippen molar-refractivity contribution in [1.29, 1.82) is 0 Å². The quantitative estimate of drug-likeness (QED) is 0.642. The third kappa shape index (κ3) is 2.05. The number of benzene rings is 1. The third-order valence-corrected chi connectivity index (χ3v) is 2.37. The topological polar surface area (TPSA) is 69.2 Å². The van der Waals surface area contributed by atoms with Crippen molar-refractivity contribution in [2.75, 3.05) is 0 Å². The van der Waals surface area contributed by atoms with Crippen molar-refractivity contribution in [3.63, 3.8) is 0 Å². The number of hydrogen-bond donors (Lipinski definition) is 1. The summed E-state index contributed by atoms with van der Waals surface area (Å²) >= 11 is 3.23. The van der Waals surface area contributed by atoms with Gasteiger partial charge in [-0.25, -0.2) is 0 Å². The Kier molecular flexibility index (Phi) is 3.00. The molecule has 1 aromatic carbocycles. The normalized spacial score (nSPS) is 12.5. The SMILES string of the molecule is C[C@@H](N)c1c(Br)cccc1[N+](=O)[O-]. The molecule has 0 aliphatic heterocycles. The van der Waals surface area contributed by atoms with E-state index in [0.29, 0.717) is 10.0 Å². The van der Waals surface area contributed by atoms with Gasteiger partial charge >= 0.3 is 0 Å². The molecule has 0 bridgehead atoms. The number of hydrogen-bond acceptors (Lipinski definition) is 3. The highest BCUT2D eigenvalue weighted by Gasteiger charge is 2.18. The van der Waals surface area contributed by atoms with E-state index < -0.39 is 4.92 Å². The fourth-order valence-corrected chi connectivity index (χ4v) is 1.85. The van der Waals surface area contributed by atoms with Crippen LogP contribution in [0, 0.1) is 10.1 Å². The average Bonchev–Trinajstić information content (AvgIpc) is 2.02. The molecule has 4 nitrogen and oxygen atoms in total. The average molecular weight is 245 g/mol. The maximum atomic E-state index is 10.6. The molecule has 2 N–H and O–H groups in total. The van der Waals surface area contributed by atoms with Gasteiger partial charge in [0.2, 0.25) is 0 Å². The van der Waals surface area contributed by atoms with Gasteiger partial charge in [-0.1, -0.05) is 22.0 Å². The van der Waals surface area contributed by atoms with Crippen LogP contribution in [-0.2, 0) is 0 Å². The van der Waals surface area contributed by atoms with Gasteiger partial charge in [0.15, 0.2) is 0 Å². The van der Waals surface area contributed by atoms with Gasteiger partial charge in [0, 0.05) is 16.6 Å². The second kappa shape index (κ2) is 3.85. The number of nitrogens with zero attached hydrogens (tertiary/aromatic N) is 1. The summed E-state index contributed by atoms with van der Waals surface area (Å²) in [7, 11) is 0. The molecule has 70 valence electrons. The highest BCUT2D eigenvalue weighted by Crippen LogP contribution is 2.30. The van der Waals surface area contributed by atoms with E-state index in [9.17, 15) is 10.1 Å². The zero-order valence-electron chi connectivity index (χ0n) is 7.03. The molecule has 0 heterocycles. The number of nitro groups is 1. The fraction of sp³-hybridized carbons (Fsp3) is 0.250. The molecule has 0 aromatic heterocycles. The van der Waals surface area contributed by atoms with Crippen LogP contribution in [0.4, 0.5) is 5.69 Å². The Hall–Kier alpha value is -0.940. The molecule has 1 rings (SSSR count). The van der Waals surface area contributed by atoms with Crippen LogP contribution in [0.2, 0.25) is 0 Å². The lowest BCUT2D eigenvalue weighted by molar-refractivity contribution is -0.385. The molecule has 0 amide bonds. The minimum Gasteiger partial charge on any atom is -0.324 e. The van der Waals surface area contributed by atoms with Crippen LogP contribution in [0.25, 0.3) is 0 Å². The van der Waals surface area contributed by atoms with Crippen molar-refractivity contribution in [3.8, 4) is 0 Å². The summed E-state index contributed by atoms with van der Waals surface area (Å²) in [6, 6.07) is 4.46. The largest absolute Gasteiger partial charge is 0.324 e. The Bertz CT molecular complexity index is 339. The van der Waals surface area contributed by atoms with Crippen LogP contribution in [0.15, 0.2) is 22.7 Å². The molecule has 0 fully saturated rings. The Morgan fingerprint density at radius 3 is 2.62 bits per heavy atom. The highest BCUT2D eigenvalue weighted by molar-refractivity contribution is 9.10. The summed E-state index contributed by atoms with van der Waals surface area (Å²) in [5.74, 6) is 0. The molecule has 0 aliphatic carbocycles. The van der Waals surface area contributed by atoms with E-state index in [1.807, 2.05) is 0 Å². The van der Waals surface area contributed by atoms with Crippen molar-refractivity contribution in [2.24, 2.45) is 5.73 Å². The smallest absolute Gasteiger partial charge is 0.275 e. The molecule has 1 atom stereocenters. The molecule has 0 radical (unpaired) electrons. The van der Waals surface area contributed by atoms with Crippen LogP contribution in [-0.4, -0.2) is 4.92 Å². The lowest BCUT2D eigenvalue weighted by atomic mass is 10.1. The summed E-state index contributed by atoms with van der Waals surface area (Å²) < 4.78 is 0.678. The van der Waals surface area contributed by atoms with Gasteiger partial charge in [-0.2, -0.15) is 0 Å². The monoisotopic (exact) mass is 244 g/mol. The standard InChI is InChI=1S/C8H9BrN2O2/c1-5(10)8-6(9)3-2-4-7(8)11(12)13/h2-5H,10H2,1H3/t5-/m1/s1. The van der Waals surface area contributed by atoms with Gasteiger partial charge < -0.3 is 5.73 Å². The van der Waals surface area contributed by atoms with Gasteiger partial charge in [0.1, 0.15) is 0 Å². The molecule has 0 saturated heterocycles. The van der Waals surface area contributed by atoms with Gasteiger partial charge in [-0.15, -0.1) is 0 Å². The van der Waals surface area contributed by atoms with Crippen LogP contribution in [0.5, 0.6) is 0 Å². The lowest BCUT2D eigenvalue weighted by Crippen LogP contribution is -2.08. The molecule has 5 heteroatoms. The van der Waals surface area contributed by atoms with E-state index in [1.54, 1.807) is 19.1 Å². The minimum atomic E-state index is -0.427. The molecule has 0 spiro atoms. The minimum absolute atomic E-state index is 0.0596. The molecular formula is C8H9BrN2O2. The molecule has 0 unspecified atom stereocenters. The van der Waals surface area contributed by atoms with Crippen LogP contribution in [0.3, 0.4) is 0 Å². The fourth-order valence-electron chi connectivity index (χ4n) is 1.14. The van der Waals surface area contributed by atoms with Crippen molar-refractivity contribution in [2.45, 2.75) is 13.0 Å². The van der Waals surface area contributed by atoms with E-state index in [2.05, 4.69) is 15.9 Å². The summed E-state index contributed by atoms with van der Waals surface area (Å²) in [5, 5.41) is 10.6. The number of nitro benzene ring substituents is 1. The molecule has 1 aromatic rings. The maximum absolute atomic E-state index is 10.6. The molecule has 0 saturated carbocycles. The van der Waals surface area contributed by atoms with E-state index >= 15 is 0 Å². The Balaban J connectivity index is 3.34. The molecule has 0 aliphatic rings. The van der Waals surface area contributed by atoms with Gasteiger partial charge in [0.05, 0.1) is 10.5 Å². The summed E-state index contributed by atoms with van der Waals surface area (Å²) in [6.07, 6.45) is 0. The van der Waals surface area contributed by atoms with Crippen molar-refractivity contribution in [3.05, 3.63) is 38.3 Å². The van der Waals surface area contributed by atoms with E-state index in [-0.39, 0.29) is 11.7 Å². The Morgan fingerprint density at radius 2 is 2.23 bits per heavy atom. The third-order valence-electron chi connectivity index (χ3n) is 1.68. The Labute approximate surface area is 84.0 Å². The highest BCUT2D eigenvalue weighted by atomic mass is 79.9. The van der Waals surface area contributed by atoms with Gasteiger partial charge in [0.25, 0.3) is 5.69 Å². The summed E-state index contributed by atoms with van der Waals surface area (Å²) in [5.41, 5.74) is 6.21. The number of nitrogens with two attached hydrogens (primary N) is 1. The van der Waals surface area contributed by atoms with Crippen LogP contribution in [0.1, 0.15) is 18.5 Å². The van der Waals surface area contributed by atoms with Gasteiger partial charge in [-0.3, -0.25) is 10.1 Å². The predicted molar refractivity (Wildman–Crippen MR) is 53.4 cm³/mol. The Morgan fingerprint density at radius 1 is 1.62 bits per heavy atom. The van der Waals surface area contributed by atoms with E-state index in [4.69, 9.17) is 5.73 Å². The van der Waals surface area contributed by atoms with Gasteiger partial charge in [-0.05, 0) is 13.0 Å². The summed E-state index contributed by atoms with van der Waals surface area (Å²) in [6.45, 7) is 1.72. The first kappa shape index (κ1) is 10.1. The first-order valence-electron chi connectivity index (χ1n) is 3.72.